The summed E-state index contributed by atoms with van der Waals surface area (Å²) in [5.41, 5.74) is 0.568. The van der Waals surface area contributed by atoms with Gasteiger partial charge in [-0.1, -0.05) is 6.92 Å². The monoisotopic (exact) mass is 419 g/mol. The second kappa shape index (κ2) is 9.78. The van der Waals surface area contributed by atoms with Crippen LogP contribution < -0.4 is 10.6 Å². The molecule has 0 fully saturated rings. The van der Waals surface area contributed by atoms with Crippen molar-refractivity contribution in [2.45, 2.75) is 27.2 Å². The predicted molar refractivity (Wildman–Crippen MR) is 109 cm³/mol. The smallest absolute Gasteiger partial charge is 0.341 e. The lowest BCUT2D eigenvalue weighted by Crippen LogP contribution is -2.23. The molecule has 0 radical (unpaired) electrons. The van der Waals surface area contributed by atoms with E-state index in [0.29, 0.717) is 17.0 Å². The van der Waals surface area contributed by atoms with Gasteiger partial charge < -0.3 is 15.4 Å². The SMILES string of the molecule is CCCNC(=O)c1sc(NC(=O)c2ccc([N+](=O)[O-])cc2)c(C(=O)OCC)c1C. The van der Waals surface area contributed by atoms with Gasteiger partial charge in [0, 0.05) is 24.2 Å². The van der Waals surface area contributed by atoms with E-state index >= 15 is 0 Å². The van der Waals surface area contributed by atoms with Crippen LogP contribution in [0.2, 0.25) is 0 Å². The van der Waals surface area contributed by atoms with E-state index in [1.165, 1.54) is 24.3 Å². The summed E-state index contributed by atoms with van der Waals surface area (Å²) >= 11 is 0.977. The second-order valence-corrected chi connectivity index (χ2v) is 7.02. The van der Waals surface area contributed by atoms with Gasteiger partial charge in [0.25, 0.3) is 17.5 Å². The molecule has 2 N–H and O–H groups in total. The van der Waals surface area contributed by atoms with E-state index in [0.717, 1.165) is 17.8 Å². The number of hydrogen-bond donors (Lipinski definition) is 2. The number of carbonyl (C=O) groups is 3. The Morgan fingerprint density at radius 3 is 2.34 bits per heavy atom. The van der Waals surface area contributed by atoms with Gasteiger partial charge in [0.1, 0.15) is 5.00 Å². The van der Waals surface area contributed by atoms with Crippen LogP contribution in [0.15, 0.2) is 24.3 Å². The van der Waals surface area contributed by atoms with E-state index in [9.17, 15) is 24.5 Å². The molecule has 0 bridgehead atoms. The highest BCUT2D eigenvalue weighted by atomic mass is 32.1. The summed E-state index contributed by atoms with van der Waals surface area (Å²) in [5.74, 6) is -1.54. The number of nitrogens with one attached hydrogen (secondary N) is 2. The number of ether oxygens (including phenoxy) is 1. The van der Waals surface area contributed by atoms with Crippen LogP contribution in [0.3, 0.4) is 0 Å². The minimum atomic E-state index is -0.644. The van der Waals surface area contributed by atoms with Crippen molar-refractivity contribution in [2.24, 2.45) is 0 Å². The highest BCUT2D eigenvalue weighted by molar-refractivity contribution is 7.18. The number of anilines is 1. The van der Waals surface area contributed by atoms with Crippen molar-refractivity contribution in [3.8, 4) is 0 Å². The molecule has 0 aliphatic heterocycles. The number of rotatable bonds is 8. The first-order valence-corrected chi connectivity index (χ1v) is 9.76. The average Bonchev–Trinajstić information content (AvgIpc) is 3.02. The van der Waals surface area contributed by atoms with E-state index in [2.05, 4.69) is 10.6 Å². The fraction of sp³-hybridized carbons (Fsp3) is 0.316. The molecule has 0 unspecified atom stereocenters. The molecule has 2 rings (SSSR count). The first kappa shape index (κ1) is 22.0. The maximum absolute atomic E-state index is 12.6. The Hall–Kier alpha value is -3.27. The molecule has 154 valence electrons. The molecule has 0 aliphatic carbocycles. The number of nitro benzene ring substituents is 1. The zero-order valence-electron chi connectivity index (χ0n) is 16.2. The van der Waals surface area contributed by atoms with E-state index in [-0.39, 0.29) is 34.3 Å². The van der Waals surface area contributed by atoms with E-state index in [1.54, 1.807) is 13.8 Å². The number of hydrogen-bond acceptors (Lipinski definition) is 7. The zero-order valence-corrected chi connectivity index (χ0v) is 17.1. The van der Waals surface area contributed by atoms with Crippen LogP contribution in [-0.2, 0) is 4.74 Å². The van der Waals surface area contributed by atoms with Crippen molar-refractivity contribution in [1.29, 1.82) is 0 Å². The van der Waals surface area contributed by atoms with Crippen LogP contribution in [0, 0.1) is 17.0 Å². The van der Waals surface area contributed by atoms with Gasteiger partial charge in [-0.3, -0.25) is 19.7 Å². The number of thiophene rings is 1. The molecule has 2 amide bonds. The maximum Gasteiger partial charge on any atom is 0.341 e. The maximum atomic E-state index is 12.6. The summed E-state index contributed by atoms with van der Waals surface area (Å²) < 4.78 is 5.06. The molecule has 1 aromatic heterocycles. The number of non-ortho nitro benzene ring substituents is 1. The lowest BCUT2D eigenvalue weighted by molar-refractivity contribution is -0.384. The van der Waals surface area contributed by atoms with Gasteiger partial charge >= 0.3 is 5.97 Å². The summed E-state index contributed by atoms with van der Waals surface area (Å²) in [7, 11) is 0. The lowest BCUT2D eigenvalue weighted by atomic mass is 10.1. The fourth-order valence-corrected chi connectivity index (χ4v) is 3.60. The van der Waals surface area contributed by atoms with Crippen LogP contribution in [0.5, 0.6) is 0 Å². The summed E-state index contributed by atoms with van der Waals surface area (Å²) in [5, 5.41) is 16.3. The lowest BCUT2D eigenvalue weighted by Gasteiger charge is -2.07. The molecule has 29 heavy (non-hydrogen) atoms. The number of nitro groups is 1. The molecular formula is C19H21N3O6S. The molecule has 0 atom stereocenters. The Kier molecular flexibility index (Phi) is 7.43. The summed E-state index contributed by atoms with van der Waals surface area (Å²) in [6.45, 7) is 5.81. The Bertz CT molecular complexity index is 936. The molecule has 1 aromatic carbocycles. The number of benzene rings is 1. The van der Waals surface area contributed by atoms with Gasteiger partial charge in [-0.25, -0.2) is 4.79 Å². The Morgan fingerprint density at radius 1 is 1.14 bits per heavy atom. The first-order valence-electron chi connectivity index (χ1n) is 8.94. The number of carbonyl (C=O) groups excluding carboxylic acids is 3. The zero-order chi connectivity index (χ0) is 21.6. The first-order chi connectivity index (χ1) is 13.8. The van der Waals surface area contributed by atoms with Gasteiger partial charge in [-0.2, -0.15) is 0 Å². The Morgan fingerprint density at radius 2 is 1.79 bits per heavy atom. The van der Waals surface area contributed by atoms with Gasteiger partial charge in [0.2, 0.25) is 0 Å². The quantitative estimate of drug-likeness (QED) is 0.383. The third-order valence-electron chi connectivity index (χ3n) is 3.94. The third kappa shape index (κ3) is 5.17. The number of nitrogens with zero attached hydrogens (tertiary/aromatic N) is 1. The van der Waals surface area contributed by atoms with Crippen LogP contribution in [0.25, 0.3) is 0 Å². The van der Waals surface area contributed by atoms with Gasteiger partial charge in [0.15, 0.2) is 0 Å². The normalized spacial score (nSPS) is 10.3. The molecule has 0 spiro atoms. The fourth-order valence-electron chi connectivity index (χ4n) is 2.50. The topological polar surface area (TPSA) is 128 Å². The molecule has 9 nitrogen and oxygen atoms in total. The minimum Gasteiger partial charge on any atom is -0.462 e. The van der Waals surface area contributed by atoms with Crippen molar-refractivity contribution in [1.82, 2.24) is 5.32 Å². The molecule has 1 heterocycles. The van der Waals surface area contributed by atoms with Crippen LogP contribution in [-0.4, -0.2) is 35.9 Å². The standard InChI is InChI=1S/C19H21N3O6S/c1-4-10-20-17(24)15-11(3)14(19(25)28-5-2)18(29-15)21-16(23)12-6-8-13(9-7-12)22(26)27/h6-9H,4-5,10H2,1-3H3,(H,20,24)(H,21,23). The number of esters is 1. The minimum absolute atomic E-state index is 0.119. The van der Waals surface area contributed by atoms with Crippen LogP contribution in [0.4, 0.5) is 10.7 Å². The molecule has 0 saturated carbocycles. The second-order valence-electron chi connectivity index (χ2n) is 5.99. The van der Waals surface area contributed by atoms with E-state index < -0.39 is 16.8 Å². The Balaban J connectivity index is 2.36. The van der Waals surface area contributed by atoms with Crippen molar-refractivity contribution >= 4 is 39.8 Å². The molecule has 10 heteroatoms. The highest BCUT2D eigenvalue weighted by Crippen LogP contribution is 2.34. The highest BCUT2D eigenvalue weighted by Gasteiger charge is 2.26. The third-order valence-corrected chi connectivity index (χ3v) is 5.14. The molecule has 0 saturated heterocycles. The van der Waals surface area contributed by atoms with E-state index in [1.807, 2.05) is 6.92 Å². The largest absolute Gasteiger partial charge is 0.462 e. The summed E-state index contributed by atoms with van der Waals surface area (Å²) in [4.78, 5) is 47.9. The van der Waals surface area contributed by atoms with Gasteiger partial charge in [-0.05, 0) is 38.0 Å². The van der Waals surface area contributed by atoms with Gasteiger partial charge in [0.05, 0.1) is 22.0 Å². The van der Waals surface area contributed by atoms with Gasteiger partial charge in [-0.15, -0.1) is 11.3 Å². The summed E-state index contributed by atoms with van der Waals surface area (Å²) in [6.07, 6.45) is 0.755. The van der Waals surface area contributed by atoms with Crippen LogP contribution in [0.1, 0.15) is 56.2 Å². The molecular weight excluding hydrogens is 398 g/mol. The van der Waals surface area contributed by atoms with E-state index in [4.69, 9.17) is 4.74 Å². The molecule has 0 aliphatic rings. The van der Waals surface area contributed by atoms with Crippen LogP contribution >= 0.6 is 11.3 Å². The number of amides is 2. The van der Waals surface area contributed by atoms with Crippen molar-refractivity contribution in [3.05, 3.63) is 55.9 Å². The average molecular weight is 419 g/mol. The Labute approximate surface area is 171 Å². The van der Waals surface area contributed by atoms with Crippen molar-refractivity contribution < 1.29 is 24.0 Å². The molecule has 2 aromatic rings. The van der Waals surface area contributed by atoms with Crippen molar-refractivity contribution in [2.75, 3.05) is 18.5 Å². The van der Waals surface area contributed by atoms with Crippen molar-refractivity contribution in [3.63, 3.8) is 0 Å². The summed E-state index contributed by atoms with van der Waals surface area (Å²) in [6, 6.07) is 5.05. The predicted octanol–water partition coefficient (Wildman–Crippen LogP) is 3.53.